The van der Waals surface area contributed by atoms with Crippen LogP contribution in [0.2, 0.25) is 0 Å². The van der Waals surface area contributed by atoms with Gasteiger partial charge in [-0.1, -0.05) is 13.0 Å². The van der Waals surface area contributed by atoms with Crippen LogP contribution >= 0.6 is 7.82 Å². The lowest BCUT2D eigenvalue weighted by Crippen LogP contribution is -2.45. The highest BCUT2D eigenvalue weighted by molar-refractivity contribution is 7.46. The van der Waals surface area contributed by atoms with E-state index < -0.39 is 26.6 Å². The van der Waals surface area contributed by atoms with Gasteiger partial charge >= 0.3 is 7.82 Å². The molecule has 1 aromatic carbocycles. The minimum absolute atomic E-state index is 0.404. The standard InChI is InChI=1S/C12H16NO6P/c1-3-9-4-5-11-10(6-9)13(7-18-20(15,16)17)12(14)8(2)19-11/h4-6,8H,3,7H2,1-2H3,(H2,15,16,17). The molecule has 1 aliphatic heterocycles. The molecule has 0 spiro atoms. The Labute approximate surface area is 116 Å². The minimum Gasteiger partial charge on any atom is -0.479 e. The molecule has 2 rings (SSSR count). The van der Waals surface area contributed by atoms with Crippen molar-refractivity contribution in [1.29, 1.82) is 0 Å². The third-order valence-corrected chi connectivity index (χ3v) is 3.45. The zero-order valence-electron chi connectivity index (χ0n) is 11.1. The highest BCUT2D eigenvalue weighted by Gasteiger charge is 2.33. The predicted octanol–water partition coefficient (Wildman–Crippen LogP) is 1.43. The van der Waals surface area contributed by atoms with Crippen molar-refractivity contribution in [3.8, 4) is 5.75 Å². The van der Waals surface area contributed by atoms with Crippen molar-refractivity contribution >= 4 is 19.4 Å². The first-order chi connectivity index (χ1) is 9.31. The zero-order chi connectivity index (χ0) is 14.9. The number of phosphoric acid groups is 1. The van der Waals surface area contributed by atoms with Gasteiger partial charge < -0.3 is 14.5 Å². The van der Waals surface area contributed by atoms with Crippen LogP contribution in [-0.4, -0.2) is 28.5 Å². The van der Waals surface area contributed by atoms with Gasteiger partial charge in [0.2, 0.25) is 0 Å². The average Bonchev–Trinajstić information content (AvgIpc) is 2.37. The van der Waals surface area contributed by atoms with Crippen LogP contribution in [-0.2, 0) is 20.3 Å². The SMILES string of the molecule is CCc1ccc2c(c1)N(COP(=O)(O)O)C(=O)C(C)O2. The van der Waals surface area contributed by atoms with Gasteiger partial charge in [0, 0.05) is 0 Å². The monoisotopic (exact) mass is 301 g/mol. The number of nitrogens with zero attached hydrogens (tertiary/aromatic N) is 1. The number of anilines is 1. The van der Waals surface area contributed by atoms with Crippen LogP contribution in [0.25, 0.3) is 0 Å². The maximum atomic E-state index is 12.1. The van der Waals surface area contributed by atoms with Gasteiger partial charge in [-0.3, -0.25) is 14.2 Å². The van der Waals surface area contributed by atoms with Crippen LogP contribution in [0.1, 0.15) is 19.4 Å². The summed E-state index contributed by atoms with van der Waals surface area (Å²) in [6.07, 6.45) is 0.0415. The molecule has 0 bridgehead atoms. The summed E-state index contributed by atoms with van der Waals surface area (Å²) in [6, 6.07) is 5.37. The van der Waals surface area contributed by atoms with Crippen molar-refractivity contribution in [1.82, 2.24) is 0 Å². The number of fused-ring (bicyclic) bond motifs is 1. The molecule has 1 aromatic rings. The Kier molecular flexibility index (Phi) is 4.15. The molecule has 8 heteroatoms. The molecule has 0 radical (unpaired) electrons. The smallest absolute Gasteiger partial charge is 0.471 e. The summed E-state index contributed by atoms with van der Waals surface area (Å²) in [7, 11) is -4.64. The van der Waals surface area contributed by atoms with Gasteiger partial charge in [0.1, 0.15) is 12.5 Å². The van der Waals surface area contributed by atoms with Gasteiger partial charge in [-0.05, 0) is 31.0 Å². The second-order valence-electron chi connectivity index (χ2n) is 4.43. The highest BCUT2D eigenvalue weighted by Crippen LogP contribution is 2.39. The molecule has 0 saturated heterocycles. The molecule has 1 heterocycles. The molecular weight excluding hydrogens is 285 g/mol. The Balaban J connectivity index is 2.34. The Morgan fingerprint density at radius 3 is 2.75 bits per heavy atom. The molecule has 1 amide bonds. The van der Waals surface area contributed by atoms with Crippen LogP contribution in [0.15, 0.2) is 18.2 Å². The van der Waals surface area contributed by atoms with Crippen molar-refractivity contribution in [3.63, 3.8) is 0 Å². The van der Waals surface area contributed by atoms with E-state index in [1.54, 1.807) is 19.1 Å². The van der Waals surface area contributed by atoms with Crippen molar-refractivity contribution in [2.75, 3.05) is 11.6 Å². The van der Waals surface area contributed by atoms with E-state index in [9.17, 15) is 9.36 Å². The van der Waals surface area contributed by atoms with Crippen molar-refractivity contribution in [3.05, 3.63) is 23.8 Å². The van der Waals surface area contributed by atoms with E-state index in [0.29, 0.717) is 11.4 Å². The van der Waals surface area contributed by atoms with Gasteiger partial charge in [0.25, 0.3) is 5.91 Å². The van der Waals surface area contributed by atoms with E-state index in [-0.39, 0.29) is 0 Å². The lowest BCUT2D eigenvalue weighted by atomic mass is 10.1. The quantitative estimate of drug-likeness (QED) is 0.817. The van der Waals surface area contributed by atoms with Crippen molar-refractivity contribution in [2.45, 2.75) is 26.4 Å². The molecule has 2 N–H and O–H groups in total. The molecular formula is C12H16NO6P. The summed E-state index contributed by atoms with van der Waals surface area (Å²) >= 11 is 0. The van der Waals surface area contributed by atoms with Crippen LogP contribution in [0.3, 0.4) is 0 Å². The fourth-order valence-electron chi connectivity index (χ4n) is 1.94. The van der Waals surface area contributed by atoms with E-state index in [4.69, 9.17) is 14.5 Å². The van der Waals surface area contributed by atoms with Gasteiger partial charge in [-0.25, -0.2) is 4.57 Å². The topological polar surface area (TPSA) is 96.3 Å². The van der Waals surface area contributed by atoms with Gasteiger partial charge in [-0.2, -0.15) is 0 Å². The van der Waals surface area contributed by atoms with Gasteiger partial charge in [0.15, 0.2) is 6.10 Å². The number of benzene rings is 1. The third-order valence-electron chi connectivity index (χ3n) is 2.99. The second-order valence-corrected chi connectivity index (χ2v) is 5.67. The Morgan fingerprint density at radius 1 is 1.45 bits per heavy atom. The summed E-state index contributed by atoms with van der Waals surface area (Å²) < 4.78 is 20.7. The van der Waals surface area contributed by atoms with E-state index in [2.05, 4.69) is 4.52 Å². The fourth-order valence-corrected chi connectivity index (χ4v) is 2.20. The third kappa shape index (κ3) is 3.19. The summed E-state index contributed by atoms with van der Waals surface area (Å²) in [5, 5.41) is 0. The molecule has 0 saturated carbocycles. The fraction of sp³-hybridized carbons (Fsp3) is 0.417. The Hall–Kier alpha value is -1.40. The number of aryl methyl sites for hydroxylation is 1. The van der Waals surface area contributed by atoms with Crippen LogP contribution in [0.5, 0.6) is 5.75 Å². The van der Waals surface area contributed by atoms with E-state index in [1.165, 1.54) is 4.90 Å². The van der Waals surface area contributed by atoms with E-state index >= 15 is 0 Å². The van der Waals surface area contributed by atoms with Crippen molar-refractivity contribution < 1.29 is 28.4 Å². The maximum Gasteiger partial charge on any atom is 0.471 e. The number of hydrogen-bond acceptors (Lipinski definition) is 4. The molecule has 1 unspecified atom stereocenters. The van der Waals surface area contributed by atoms with Crippen LogP contribution in [0, 0.1) is 0 Å². The van der Waals surface area contributed by atoms with Gasteiger partial charge in [0.05, 0.1) is 5.69 Å². The van der Waals surface area contributed by atoms with E-state index in [1.807, 2.05) is 13.0 Å². The average molecular weight is 301 g/mol. The summed E-state index contributed by atoms with van der Waals surface area (Å²) in [4.78, 5) is 30.8. The van der Waals surface area contributed by atoms with E-state index in [0.717, 1.165) is 12.0 Å². The largest absolute Gasteiger partial charge is 0.479 e. The molecule has 20 heavy (non-hydrogen) atoms. The molecule has 1 aliphatic rings. The molecule has 7 nitrogen and oxygen atoms in total. The molecule has 0 aliphatic carbocycles. The number of ether oxygens (including phenoxy) is 1. The highest BCUT2D eigenvalue weighted by atomic mass is 31.2. The van der Waals surface area contributed by atoms with Gasteiger partial charge in [-0.15, -0.1) is 0 Å². The lowest BCUT2D eigenvalue weighted by molar-refractivity contribution is -0.126. The summed E-state index contributed by atoms with van der Waals surface area (Å²) in [6.45, 7) is 3.02. The zero-order valence-corrected chi connectivity index (χ0v) is 12.0. The number of hydrogen-bond donors (Lipinski definition) is 2. The van der Waals surface area contributed by atoms with Crippen LogP contribution < -0.4 is 9.64 Å². The minimum atomic E-state index is -4.64. The molecule has 110 valence electrons. The number of amides is 1. The van der Waals surface area contributed by atoms with Crippen LogP contribution in [0.4, 0.5) is 5.69 Å². The Morgan fingerprint density at radius 2 is 2.15 bits per heavy atom. The number of carbonyl (C=O) groups is 1. The first kappa shape index (κ1) is 15.0. The number of rotatable bonds is 4. The number of carbonyl (C=O) groups excluding carboxylic acids is 1. The Bertz CT molecular complexity index is 569. The normalized spacial score (nSPS) is 18.7. The predicted molar refractivity (Wildman–Crippen MR) is 71.4 cm³/mol. The second kappa shape index (κ2) is 5.54. The number of phosphoric ester groups is 1. The first-order valence-electron chi connectivity index (χ1n) is 6.13. The maximum absolute atomic E-state index is 12.1. The first-order valence-corrected chi connectivity index (χ1v) is 7.66. The molecule has 1 atom stereocenters. The molecule has 0 aromatic heterocycles. The summed E-state index contributed by atoms with van der Waals surface area (Å²) in [5.74, 6) is 0.0859. The molecule has 0 fully saturated rings. The summed E-state index contributed by atoms with van der Waals surface area (Å²) in [5.41, 5.74) is 1.44. The van der Waals surface area contributed by atoms with Crippen molar-refractivity contribution in [2.24, 2.45) is 0 Å². The lowest BCUT2D eigenvalue weighted by Gasteiger charge is -2.32.